The second kappa shape index (κ2) is 13.1. The number of rotatable bonds is 13. The summed E-state index contributed by atoms with van der Waals surface area (Å²) in [5.41, 5.74) is 4.34. The lowest BCUT2D eigenvalue weighted by Crippen LogP contribution is -2.26. The molecule has 0 aliphatic rings. The van der Waals surface area contributed by atoms with Crippen LogP contribution in [0.1, 0.15) is 43.1 Å². The highest BCUT2D eigenvalue weighted by molar-refractivity contribution is 6.31. The Labute approximate surface area is 218 Å². The summed E-state index contributed by atoms with van der Waals surface area (Å²) in [6, 6.07) is 24.1. The number of amides is 1. The number of aryl methyl sites for hydroxylation is 3. The second-order valence-electron chi connectivity index (χ2n) is 8.94. The maximum atomic E-state index is 12.3. The van der Waals surface area contributed by atoms with Gasteiger partial charge in [0, 0.05) is 24.5 Å². The van der Waals surface area contributed by atoms with Crippen molar-refractivity contribution in [1.29, 1.82) is 0 Å². The van der Waals surface area contributed by atoms with Crippen molar-refractivity contribution in [2.45, 2.75) is 52.0 Å². The molecule has 0 aliphatic carbocycles. The van der Waals surface area contributed by atoms with Crippen LogP contribution in [0.3, 0.4) is 0 Å². The minimum atomic E-state index is -0.0130. The van der Waals surface area contributed by atoms with Crippen molar-refractivity contribution < 1.29 is 9.53 Å². The number of hydrogen-bond donors (Lipinski definition) is 1. The summed E-state index contributed by atoms with van der Waals surface area (Å²) in [6.45, 7) is 4.36. The molecule has 5 nitrogen and oxygen atoms in total. The van der Waals surface area contributed by atoms with Gasteiger partial charge in [0.15, 0.2) is 0 Å². The van der Waals surface area contributed by atoms with Crippen LogP contribution in [0.25, 0.3) is 11.0 Å². The Morgan fingerprint density at radius 2 is 1.75 bits per heavy atom. The van der Waals surface area contributed by atoms with Crippen LogP contribution in [0.5, 0.6) is 5.75 Å². The zero-order valence-electron chi connectivity index (χ0n) is 20.9. The molecule has 0 spiro atoms. The number of nitrogens with one attached hydrogen (secondary N) is 1. The van der Waals surface area contributed by atoms with Gasteiger partial charge in [-0.1, -0.05) is 61.0 Å². The first-order valence-corrected chi connectivity index (χ1v) is 13.2. The molecule has 3 aromatic carbocycles. The van der Waals surface area contributed by atoms with Gasteiger partial charge in [-0.05, 0) is 67.1 Å². The molecule has 4 rings (SSSR count). The Hall–Kier alpha value is -3.31. The fraction of sp³-hybridized carbons (Fsp3) is 0.333. The number of nitrogens with zero attached hydrogens (tertiary/aromatic N) is 2. The van der Waals surface area contributed by atoms with E-state index in [-0.39, 0.29) is 5.91 Å². The van der Waals surface area contributed by atoms with Crippen LogP contribution in [-0.2, 0) is 30.6 Å². The van der Waals surface area contributed by atoms with Gasteiger partial charge in [0.05, 0.1) is 24.1 Å². The monoisotopic (exact) mass is 503 g/mol. The largest absolute Gasteiger partial charge is 0.494 e. The van der Waals surface area contributed by atoms with E-state index >= 15 is 0 Å². The average molecular weight is 504 g/mol. The molecule has 1 N–H and O–H groups in total. The summed E-state index contributed by atoms with van der Waals surface area (Å²) < 4.78 is 8.24. The standard InChI is InChI=1S/C30H34ClN3O2/c1-2-23-15-17-25(18-16-23)36-21-8-7-20-34-28-13-6-5-12-27(28)33-29(34)14-9-19-32-30(35)22-24-10-3-4-11-26(24)31/h3-6,10-13,15-18H,2,7-9,14,19-22H2,1H3,(H,32,35). The predicted octanol–water partition coefficient (Wildman–Crippen LogP) is 6.40. The van der Waals surface area contributed by atoms with Crippen LogP contribution >= 0.6 is 11.6 Å². The van der Waals surface area contributed by atoms with Crippen molar-refractivity contribution in [1.82, 2.24) is 14.9 Å². The Morgan fingerprint density at radius 1 is 0.972 bits per heavy atom. The van der Waals surface area contributed by atoms with E-state index in [0.29, 0.717) is 24.6 Å². The van der Waals surface area contributed by atoms with Crippen molar-refractivity contribution in [2.24, 2.45) is 0 Å². The lowest BCUT2D eigenvalue weighted by Gasteiger charge is -2.11. The maximum Gasteiger partial charge on any atom is 0.224 e. The van der Waals surface area contributed by atoms with Crippen molar-refractivity contribution in [3.05, 3.63) is 94.8 Å². The Kier molecular flexibility index (Phi) is 9.40. The van der Waals surface area contributed by atoms with E-state index in [1.165, 1.54) is 5.56 Å². The smallest absolute Gasteiger partial charge is 0.224 e. The number of benzene rings is 3. The van der Waals surface area contributed by atoms with Crippen molar-refractivity contribution in [3.8, 4) is 5.75 Å². The number of aromatic nitrogens is 2. The van der Waals surface area contributed by atoms with E-state index in [0.717, 1.165) is 66.8 Å². The maximum absolute atomic E-state index is 12.3. The molecule has 6 heteroatoms. The van der Waals surface area contributed by atoms with Crippen molar-refractivity contribution in [2.75, 3.05) is 13.2 Å². The van der Waals surface area contributed by atoms with Crippen LogP contribution in [0.15, 0.2) is 72.8 Å². The minimum absolute atomic E-state index is 0.0130. The van der Waals surface area contributed by atoms with Crippen LogP contribution in [0.2, 0.25) is 5.02 Å². The van der Waals surface area contributed by atoms with Gasteiger partial charge in [0.25, 0.3) is 0 Å². The fourth-order valence-corrected chi connectivity index (χ4v) is 4.50. The van der Waals surface area contributed by atoms with E-state index in [9.17, 15) is 4.79 Å². The third-order valence-electron chi connectivity index (χ3n) is 6.32. The lowest BCUT2D eigenvalue weighted by molar-refractivity contribution is -0.120. The molecule has 0 unspecified atom stereocenters. The molecular weight excluding hydrogens is 470 g/mol. The van der Waals surface area contributed by atoms with E-state index in [1.807, 2.05) is 42.5 Å². The molecule has 0 fully saturated rings. The highest BCUT2D eigenvalue weighted by Crippen LogP contribution is 2.19. The molecule has 0 radical (unpaired) electrons. The molecule has 0 aliphatic heterocycles. The number of ether oxygens (including phenoxy) is 1. The van der Waals surface area contributed by atoms with E-state index in [4.69, 9.17) is 21.3 Å². The summed E-state index contributed by atoms with van der Waals surface area (Å²) in [6.07, 6.45) is 4.95. The summed E-state index contributed by atoms with van der Waals surface area (Å²) in [5.74, 6) is 1.98. The Bertz CT molecular complexity index is 1270. The number of fused-ring (bicyclic) bond motifs is 1. The number of unbranched alkanes of at least 4 members (excludes halogenated alkanes) is 1. The molecule has 1 amide bonds. The van der Waals surface area contributed by atoms with Crippen LogP contribution in [-0.4, -0.2) is 28.6 Å². The predicted molar refractivity (Wildman–Crippen MR) is 147 cm³/mol. The number of halogens is 1. The first-order chi connectivity index (χ1) is 17.6. The summed E-state index contributed by atoms with van der Waals surface area (Å²) >= 11 is 6.17. The highest BCUT2D eigenvalue weighted by Gasteiger charge is 2.11. The van der Waals surface area contributed by atoms with E-state index in [2.05, 4.69) is 47.1 Å². The molecule has 36 heavy (non-hydrogen) atoms. The fourth-order valence-electron chi connectivity index (χ4n) is 4.30. The SMILES string of the molecule is CCc1ccc(OCCCCn2c(CCCNC(=O)Cc3ccccc3Cl)nc3ccccc32)cc1. The first kappa shape index (κ1) is 25.8. The van der Waals surface area contributed by atoms with Gasteiger partial charge in [-0.15, -0.1) is 0 Å². The van der Waals surface area contributed by atoms with Gasteiger partial charge in [-0.2, -0.15) is 0 Å². The van der Waals surface area contributed by atoms with Crippen LogP contribution in [0.4, 0.5) is 0 Å². The van der Waals surface area contributed by atoms with Crippen LogP contribution in [0, 0.1) is 0 Å². The molecule has 188 valence electrons. The third-order valence-corrected chi connectivity index (χ3v) is 6.69. The average Bonchev–Trinajstić information content (AvgIpc) is 3.25. The first-order valence-electron chi connectivity index (χ1n) is 12.8. The van der Waals surface area contributed by atoms with E-state index in [1.54, 1.807) is 0 Å². The van der Waals surface area contributed by atoms with Gasteiger partial charge < -0.3 is 14.6 Å². The van der Waals surface area contributed by atoms with Gasteiger partial charge in [-0.25, -0.2) is 4.98 Å². The number of carbonyl (C=O) groups is 1. The normalized spacial score (nSPS) is 11.1. The third kappa shape index (κ3) is 7.11. The Balaban J connectivity index is 1.25. The molecule has 4 aromatic rings. The Morgan fingerprint density at radius 3 is 2.56 bits per heavy atom. The van der Waals surface area contributed by atoms with Crippen molar-refractivity contribution >= 4 is 28.5 Å². The van der Waals surface area contributed by atoms with Gasteiger partial charge in [0.2, 0.25) is 5.91 Å². The van der Waals surface area contributed by atoms with Gasteiger partial charge in [0.1, 0.15) is 11.6 Å². The number of imidazole rings is 1. The zero-order chi connectivity index (χ0) is 25.2. The summed E-state index contributed by atoms with van der Waals surface area (Å²) in [7, 11) is 0. The molecule has 0 saturated carbocycles. The van der Waals surface area contributed by atoms with Gasteiger partial charge >= 0.3 is 0 Å². The molecular formula is C30H34ClN3O2. The van der Waals surface area contributed by atoms with E-state index < -0.39 is 0 Å². The molecule has 1 aromatic heterocycles. The molecule has 0 saturated heterocycles. The molecule has 0 atom stereocenters. The molecule has 0 bridgehead atoms. The van der Waals surface area contributed by atoms with Crippen molar-refractivity contribution in [3.63, 3.8) is 0 Å². The summed E-state index contributed by atoms with van der Waals surface area (Å²) in [5, 5.41) is 3.64. The topological polar surface area (TPSA) is 56.1 Å². The number of carbonyl (C=O) groups excluding carboxylic acids is 1. The van der Waals surface area contributed by atoms with Crippen LogP contribution < -0.4 is 10.1 Å². The zero-order valence-corrected chi connectivity index (χ0v) is 21.6. The second-order valence-corrected chi connectivity index (χ2v) is 9.35. The number of para-hydroxylation sites is 2. The lowest BCUT2D eigenvalue weighted by atomic mass is 10.1. The van der Waals surface area contributed by atoms with Gasteiger partial charge in [-0.3, -0.25) is 4.79 Å². The summed E-state index contributed by atoms with van der Waals surface area (Å²) in [4.78, 5) is 17.2. The number of hydrogen-bond acceptors (Lipinski definition) is 3. The molecule has 1 heterocycles. The quantitative estimate of drug-likeness (QED) is 0.215. The minimum Gasteiger partial charge on any atom is -0.494 e. The highest BCUT2D eigenvalue weighted by atomic mass is 35.5.